The molecule has 0 aromatic rings. The van der Waals surface area contributed by atoms with Crippen LogP contribution >= 0.6 is 0 Å². The van der Waals surface area contributed by atoms with Gasteiger partial charge in [-0.2, -0.15) is 0 Å². The SMILES string of the molecule is CCCCCC=CCC=CCCCCCCCCOCOCC(CN1CCCCC1)OCCOCCOC1CCC2(C)C(=CCC3C2CCC2(C)C(C(C)CCCC(C)C)CCC32)C1. The third-order valence-electron chi connectivity index (χ3n) is 17.3. The number of nitrogens with zero attached hydrogens (tertiary/aromatic N) is 1. The Kier molecular flexibility index (Phi) is 25.7. The Bertz CT molecular complexity index is 1310. The third kappa shape index (κ3) is 17.8. The zero-order valence-corrected chi connectivity index (χ0v) is 42.9. The van der Waals surface area contributed by atoms with E-state index in [1.165, 1.54) is 148 Å². The molecule has 370 valence electrons. The fourth-order valence-corrected chi connectivity index (χ4v) is 13.5. The molecule has 0 aromatic carbocycles. The van der Waals surface area contributed by atoms with Crippen molar-refractivity contribution in [2.45, 2.75) is 221 Å². The van der Waals surface area contributed by atoms with Crippen LogP contribution in [0.2, 0.25) is 0 Å². The minimum atomic E-state index is 0.0412. The van der Waals surface area contributed by atoms with Crippen molar-refractivity contribution in [2.24, 2.45) is 46.3 Å². The largest absolute Gasteiger partial charge is 0.377 e. The van der Waals surface area contributed by atoms with Gasteiger partial charge in [0.2, 0.25) is 0 Å². The predicted molar refractivity (Wildman–Crippen MR) is 270 cm³/mol. The van der Waals surface area contributed by atoms with Crippen molar-refractivity contribution < 1.29 is 23.7 Å². The van der Waals surface area contributed by atoms with Crippen LogP contribution in [-0.4, -0.2) is 83.2 Å². The maximum Gasteiger partial charge on any atom is 0.146 e. The fraction of sp³-hybridized carbons (Fsp3) is 0.897. The molecular weight excluding hydrogens is 791 g/mol. The Morgan fingerprint density at radius 2 is 1.45 bits per heavy atom. The molecule has 9 unspecified atom stereocenters. The van der Waals surface area contributed by atoms with Gasteiger partial charge in [0.05, 0.1) is 45.2 Å². The fourth-order valence-electron chi connectivity index (χ4n) is 13.5. The zero-order valence-electron chi connectivity index (χ0n) is 42.9. The lowest BCUT2D eigenvalue weighted by atomic mass is 9.47. The van der Waals surface area contributed by atoms with E-state index in [9.17, 15) is 0 Å². The predicted octanol–water partition coefficient (Wildman–Crippen LogP) is 15.1. The number of piperidine rings is 1. The monoisotopic (exact) mass is 894 g/mol. The van der Waals surface area contributed by atoms with E-state index in [2.05, 4.69) is 76.8 Å². The summed E-state index contributed by atoms with van der Waals surface area (Å²) in [6, 6.07) is 0. The van der Waals surface area contributed by atoms with E-state index in [0.717, 1.165) is 81.0 Å². The van der Waals surface area contributed by atoms with Crippen molar-refractivity contribution in [2.75, 3.05) is 66.1 Å². The minimum Gasteiger partial charge on any atom is -0.377 e. The summed E-state index contributed by atoms with van der Waals surface area (Å²) in [5.74, 6) is 5.34. The highest BCUT2D eigenvalue weighted by Crippen LogP contribution is 2.67. The van der Waals surface area contributed by atoms with Crippen molar-refractivity contribution in [3.05, 3.63) is 36.0 Å². The average molecular weight is 894 g/mol. The third-order valence-corrected chi connectivity index (χ3v) is 17.3. The van der Waals surface area contributed by atoms with Crippen molar-refractivity contribution in [1.29, 1.82) is 0 Å². The summed E-state index contributed by atoms with van der Waals surface area (Å²) < 4.78 is 30.8. The first kappa shape index (κ1) is 53.9. The molecule has 0 radical (unpaired) electrons. The van der Waals surface area contributed by atoms with Gasteiger partial charge in [0.25, 0.3) is 0 Å². The van der Waals surface area contributed by atoms with Gasteiger partial charge in [-0.25, -0.2) is 0 Å². The molecule has 0 spiro atoms. The van der Waals surface area contributed by atoms with Crippen LogP contribution in [0, 0.1) is 46.3 Å². The Balaban J connectivity index is 0.893. The molecule has 1 saturated heterocycles. The van der Waals surface area contributed by atoms with Crippen LogP contribution in [0.3, 0.4) is 0 Å². The van der Waals surface area contributed by atoms with Gasteiger partial charge < -0.3 is 28.6 Å². The van der Waals surface area contributed by atoms with Gasteiger partial charge in [-0.05, 0) is 162 Å². The highest BCUT2D eigenvalue weighted by Gasteiger charge is 2.59. The van der Waals surface area contributed by atoms with Gasteiger partial charge >= 0.3 is 0 Å². The van der Waals surface area contributed by atoms with Crippen LogP contribution < -0.4 is 0 Å². The first-order valence-corrected chi connectivity index (χ1v) is 27.9. The molecule has 5 rings (SSSR count). The molecule has 3 saturated carbocycles. The molecule has 6 heteroatoms. The van der Waals surface area contributed by atoms with Crippen LogP contribution in [0.15, 0.2) is 36.0 Å². The Labute approximate surface area is 396 Å². The van der Waals surface area contributed by atoms with Gasteiger partial charge in [-0.15, -0.1) is 0 Å². The average Bonchev–Trinajstić information content (AvgIpc) is 3.65. The van der Waals surface area contributed by atoms with Crippen LogP contribution in [0.1, 0.15) is 208 Å². The molecule has 0 aromatic heterocycles. The number of unbranched alkanes of at least 4 members (excludes halogenated alkanes) is 9. The van der Waals surface area contributed by atoms with Gasteiger partial charge in [-0.3, -0.25) is 0 Å². The van der Waals surface area contributed by atoms with Gasteiger partial charge in [0.1, 0.15) is 6.79 Å². The van der Waals surface area contributed by atoms with Crippen LogP contribution in [0.25, 0.3) is 0 Å². The number of fused-ring (bicyclic) bond motifs is 5. The maximum absolute atomic E-state index is 6.51. The van der Waals surface area contributed by atoms with Crippen LogP contribution in [-0.2, 0) is 23.7 Å². The van der Waals surface area contributed by atoms with E-state index in [1.807, 2.05) is 0 Å². The first-order valence-electron chi connectivity index (χ1n) is 27.9. The molecule has 0 N–H and O–H groups in total. The second kappa shape index (κ2) is 30.5. The molecule has 4 fully saturated rings. The van der Waals surface area contributed by atoms with Crippen molar-refractivity contribution in [3.63, 3.8) is 0 Å². The van der Waals surface area contributed by atoms with E-state index in [1.54, 1.807) is 5.57 Å². The topological polar surface area (TPSA) is 49.4 Å². The lowest BCUT2D eigenvalue weighted by Crippen LogP contribution is -2.51. The summed E-state index contributed by atoms with van der Waals surface area (Å²) in [5.41, 5.74) is 2.66. The highest BCUT2D eigenvalue weighted by atomic mass is 16.7. The summed E-state index contributed by atoms with van der Waals surface area (Å²) in [4.78, 5) is 2.54. The highest BCUT2D eigenvalue weighted by molar-refractivity contribution is 5.25. The normalized spacial score (nSPS) is 29.6. The standard InChI is InChI=1S/C58H103NO5/c1-7-8-9-10-11-12-13-14-15-16-17-18-19-20-21-25-39-61-47-62-46-52(45-59-37-23-22-24-38-59)64-43-41-60-40-42-63-51-33-35-57(5)50(44-51)29-30-53-55-32-31-54(49(4)28-26-27-48(2)3)58(55,6)36-34-56(53)57/h11-12,14-15,29,48-49,51-56H,7-10,13,16-28,30-47H2,1-6H3. The van der Waals surface area contributed by atoms with Crippen molar-refractivity contribution in [3.8, 4) is 0 Å². The second-order valence-corrected chi connectivity index (χ2v) is 22.5. The van der Waals surface area contributed by atoms with E-state index in [-0.39, 0.29) is 6.10 Å². The number of likely N-dealkylation sites (tertiary alicyclic amines) is 1. The Hall–Kier alpha value is -1.02. The summed E-state index contributed by atoms with van der Waals surface area (Å²) in [6.45, 7) is 22.4. The van der Waals surface area contributed by atoms with E-state index < -0.39 is 0 Å². The molecule has 6 nitrogen and oxygen atoms in total. The Morgan fingerprint density at radius 1 is 0.703 bits per heavy atom. The quantitative estimate of drug-likeness (QED) is 0.0364. The van der Waals surface area contributed by atoms with Crippen molar-refractivity contribution >= 4 is 0 Å². The maximum atomic E-state index is 6.51. The molecular formula is C58H103NO5. The molecule has 5 aliphatic rings. The summed E-state index contributed by atoms with van der Waals surface area (Å²) in [6.07, 6.45) is 46.5. The van der Waals surface area contributed by atoms with Crippen LogP contribution in [0.4, 0.5) is 0 Å². The summed E-state index contributed by atoms with van der Waals surface area (Å²) in [5, 5.41) is 0. The second-order valence-electron chi connectivity index (χ2n) is 22.5. The molecule has 0 amide bonds. The first-order chi connectivity index (χ1) is 31.2. The number of hydrogen-bond acceptors (Lipinski definition) is 6. The summed E-state index contributed by atoms with van der Waals surface area (Å²) >= 11 is 0. The number of hydrogen-bond donors (Lipinski definition) is 0. The molecule has 64 heavy (non-hydrogen) atoms. The molecule has 1 heterocycles. The van der Waals surface area contributed by atoms with Gasteiger partial charge in [-0.1, -0.05) is 142 Å². The number of ether oxygens (including phenoxy) is 5. The van der Waals surface area contributed by atoms with E-state index in [4.69, 9.17) is 23.7 Å². The van der Waals surface area contributed by atoms with Gasteiger partial charge in [0, 0.05) is 13.2 Å². The molecule has 0 bridgehead atoms. The lowest BCUT2D eigenvalue weighted by Gasteiger charge is -2.58. The Morgan fingerprint density at radius 3 is 2.23 bits per heavy atom. The van der Waals surface area contributed by atoms with Crippen LogP contribution in [0.5, 0.6) is 0 Å². The lowest BCUT2D eigenvalue weighted by molar-refractivity contribution is -0.106. The molecule has 9 atom stereocenters. The smallest absolute Gasteiger partial charge is 0.146 e. The zero-order chi connectivity index (χ0) is 45.3. The van der Waals surface area contributed by atoms with E-state index >= 15 is 0 Å². The summed E-state index contributed by atoms with van der Waals surface area (Å²) in [7, 11) is 0. The van der Waals surface area contributed by atoms with Crippen molar-refractivity contribution in [1.82, 2.24) is 4.90 Å². The number of allylic oxidation sites excluding steroid dienone is 5. The minimum absolute atomic E-state index is 0.0412. The molecule has 1 aliphatic heterocycles. The number of rotatable bonds is 34. The van der Waals surface area contributed by atoms with Gasteiger partial charge in [0.15, 0.2) is 0 Å². The van der Waals surface area contributed by atoms with E-state index in [0.29, 0.717) is 56.8 Å². The molecule has 4 aliphatic carbocycles.